The normalized spacial score (nSPS) is 12.0. The molecule has 0 fully saturated rings. The summed E-state index contributed by atoms with van der Waals surface area (Å²) < 4.78 is 27.4. The van der Waals surface area contributed by atoms with Crippen LogP contribution in [0.25, 0.3) is 21.8 Å². The third kappa shape index (κ3) is 3.55. The Kier molecular flexibility index (Phi) is 5.15. The van der Waals surface area contributed by atoms with Crippen molar-refractivity contribution >= 4 is 86.7 Å². The lowest BCUT2D eigenvalue weighted by Crippen LogP contribution is -2.23. The van der Waals surface area contributed by atoms with Crippen molar-refractivity contribution in [3.05, 3.63) is 76.1 Å². The van der Waals surface area contributed by atoms with E-state index < -0.39 is 30.7 Å². The summed E-state index contributed by atoms with van der Waals surface area (Å²) in [5, 5.41) is 1.49. The molecule has 2 aromatic heterocycles. The highest BCUT2D eigenvalue weighted by Crippen LogP contribution is 2.30. The first kappa shape index (κ1) is 20.6. The number of H-pyrrole nitrogens is 2. The largest absolute Gasteiger partial charge is 0.320 e. The lowest BCUT2D eigenvalue weighted by Gasteiger charge is -2.08. The minimum absolute atomic E-state index is 0.350. The van der Waals surface area contributed by atoms with Gasteiger partial charge in [0.15, 0.2) is 0 Å². The Labute approximate surface area is 190 Å². The van der Waals surface area contributed by atoms with Gasteiger partial charge in [-0.25, -0.2) is 8.42 Å². The first-order chi connectivity index (χ1) is 13.6. The van der Waals surface area contributed by atoms with E-state index in [9.17, 15) is 18.0 Å². The van der Waals surface area contributed by atoms with Gasteiger partial charge in [-0.1, -0.05) is 23.2 Å². The Morgan fingerprint density at radius 3 is 1.45 bits per heavy atom. The molecule has 0 aliphatic rings. The second kappa shape index (κ2) is 7.24. The standard InChI is InChI=1S/C18H8Br2Cl2N2O4S/c19-11-5-9(21)1-7-3-13(17(25)23-15(7)11)29(27,28)14-4-8-2-10(22)6-12(20)16(8)24-18(14)26/h1-6H,(H,23,25)(H,24,26). The van der Waals surface area contributed by atoms with E-state index in [2.05, 4.69) is 41.8 Å². The number of halogens is 4. The van der Waals surface area contributed by atoms with Gasteiger partial charge in [-0.15, -0.1) is 0 Å². The Hall–Kier alpha value is -1.65. The summed E-state index contributed by atoms with van der Waals surface area (Å²) in [5.74, 6) is 0. The van der Waals surface area contributed by atoms with Gasteiger partial charge in [0.05, 0.1) is 11.0 Å². The maximum Gasteiger partial charge on any atom is 0.267 e. The molecule has 4 rings (SSSR count). The third-order valence-corrected chi connectivity index (χ3v) is 7.70. The summed E-state index contributed by atoms with van der Waals surface area (Å²) in [5.41, 5.74) is -0.928. The summed E-state index contributed by atoms with van der Waals surface area (Å²) in [6.45, 7) is 0. The summed E-state index contributed by atoms with van der Waals surface area (Å²) in [6, 6.07) is 8.55. The molecule has 0 amide bonds. The summed E-state index contributed by atoms with van der Waals surface area (Å²) in [6.07, 6.45) is 0. The second-order valence-electron chi connectivity index (χ2n) is 6.13. The topological polar surface area (TPSA) is 99.9 Å². The van der Waals surface area contributed by atoms with E-state index in [1.807, 2.05) is 0 Å². The Morgan fingerprint density at radius 2 is 1.07 bits per heavy atom. The predicted octanol–water partition coefficient (Wildman–Crippen LogP) is 5.03. The predicted molar refractivity (Wildman–Crippen MR) is 120 cm³/mol. The molecular weight excluding hydrogens is 571 g/mol. The lowest BCUT2D eigenvalue weighted by atomic mass is 10.2. The zero-order valence-corrected chi connectivity index (χ0v) is 19.5. The molecule has 0 unspecified atom stereocenters. The van der Waals surface area contributed by atoms with Crippen molar-refractivity contribution in [2.75, 3.05) is 0 Å². The number of hydrogen-bond acceptors (Lipinski definition) is 4. The van der Waals surface area contributed by atoms with E-state index >= 15 is 0 Å². The monoisotopic (exact) mass is 576 g/mol. The van der Waals surface area contributed by atoms with E-state index in [-0.39, 0.29) is 0 Å². The number of hydrogen-bond donors (Lipinski definition) is 2. The van der Waals surface area contributed by atoms with E-state index in [1.54, 1.807) is 12.1 Å². The number of benzene rings is 2. The van der Waals surface area contributed by atoms with Crippen LogP contribution in [-0.2, 0) is 9.84 Å². The average Bonchev–Trinajstić information content (AvgIpc) is 2.62. The lowest BCUT2D eigenvalue weighted by molar-refractivity contribution is 0.594. The van der Waals surface area contributed by atoms with Gasteiger partial charge >= 0.3 is 0 Å². The average molecular weight is 579 g/mol. The van der Waals surface area contributed by atoms with Crippen molar-refractivity contribution in [1.29, 1.82) is 0 Å². The van der Waals surface area contributed by atoms with Gasteiger partial charge in [-0.3, -0.25) is 9.59 Å². The number of fused-ring (bicyclic) bond motifs is 2. The van der Waals surface area contributed by atoms with E-state index in [1.165, 1.54) is 24.3 Å². The van der Waals surface area contributed by atoms with Gasteiger partial charge < -0.3 is 9.97 Å². The maximum absolute atomic E-state index is 13.2. The van der Waals surface area contributed by atoms with Crippen LogP contribution < -0.4 is 11.1 Å². The van der Waals surface area contributed by atoms with Crippen molar-refractivity contribution < 1.29 is 8.42 Å². The number of rotatable bonds is 2. The minimum atomic E-state index is -4.44. The van der Waals surface area contributed by atoms with Gasteiger partial charge in [0, 0.05) is 29.8 Å². The second-order valence-corrected chi connectivity index (χ2v) is 10.6. The fourth-order valence-corrected chi connectivity index (χ4v) is 6.22. The molecule has 2 N–H and O–H groups in total. The number of aromatic amines is 2. The van der Waals surface area contributed by atoms with Crippen LogP contribution in [0, 0.1) is 0 Å². The molecule has 148 valence electrons. The molecule has 0 spiro atoms. The molecule has 2 heterocycles. The van der Waals surface area contributed by atoms with Crippen LogP contribution in [0.1, 0.15) is 0 Å². The molecule has 0 aliphatic carbocycles. The quantitative estimate of drug-likeness (QED) is 0.348. The SMILES string of the molecule is O=c1[nH]c2c(Br)cc(Cl)cc2cc1S(=O)(=O)c1cc2cc(Cl)cc(Br)c2[nH]c1=O. The smallest absolute Gasteiger partial charge is 0.267 e. The highest BCUT2D eigenvalue weighted by Gasteiger charge is 2.26. The molecule has 4 aromatic rings. The van der Waals surface area contributed by atoms with E-state index in [0.717, 1.165) is 0 Å². The van der Waals surface area contributed by atoms with Crippen molar-refractivity contribution in [1.82, 2.24) is 9.97 Å². The first-order valence-electron chi connectivity index (χ1n) is 7.87. The van der Waals surface area contributed by atoms with Gasteiger partial charge in [0.1, 0.15) is 9.79 Å². The van der Waals surface area contributed by atoms with E-state index in [0.29, 0.717) is 40.8 Å². The molecule has 0 atom stereocenters. The van der Waals surface area contributed by atoms with Gasteiger partial charge in [0.2, 0.25) is 9.84 Å². The molecule has 0 radical (unpaired) electrons. The zero-order valence-electron chi connectivity index (χ0n) is 14.0. The minimum Gasteiger partial charge on any atom is -0.320 e. The zero-order chi connectivity index (χ0) is 21.1. The molecule has 29 heavy (non-hydrogen) atoms. The van der Waals surface area contributed by atoms with Crippen LogP contribution in [0.4, 0.5) is 0 Å². The summed E-state index contributed by atoms with van der Waals surface area (Å²) >= 11 is 18.6. The molecule has 0 bridgehead atoms. The molecule has 2 aromatic carbocycles. The van der Waals surface area contributed by atoms with Crippen LogP contribution in [0.2, 0.25) is 10.0 Å². The highest BCUT2D eigenvalue weighted by atomic mass is 79.9. The van der Waals surface area contributed by atoms with Crippen molar-refractivity contribution in [2.45, 2.75) is 9.79 Å². The number of pyridine rings is 2. The number of nitrogens with one attached hydrogen (secondary N) is 2. The molecule has 0 saturated heterocycles. The number of sulfone groups is 1. The van der Waals surface area contributed by atoms with Crippen molar-refractivity contribution in [3.63, 3.8) is 0 Å². The molecule has 0 aliphatic heterocycles. The van der Waals surface area contributed by atoms with E-state index in [4.69, 9.17) is 23.2 Å². The van der Waals surface area contributed by atoms with Crippen LogP contribution in [0.3, 0.4) is 0 Å². The Balaban J connectivity index is 2.03. The molecule has 0 saturated carbocycles. The van der Waals surface area contributed by atoms with Gasteiger partial charge in [-0.05, 0) is 68.3 Å². The summed E-state index contributed by atoms with van der Waals surface area (Å²) in [7, 11) is -4.44. The third-order valence-electron chi connectivity index (χ3n) is 4.25. The van der Waals surface area contributed by atoms with Crippen LogP contribution in [0.15, 0.2) is 64.7 Å². The Bertz CT molecular complexity index is 1450. The van der Waals surface area contributed by atoms with Gasteiger partial charge in [0.25, 0.3) is 11.1 Å². The Morgan fingerprint density at radius 1 is 0.690 bits per heavy atom. The fourth-order valence-electron chi connectivity index (χ4n) is 2.96. The molecular formula is C18H8Br2Cl2N2O4S. The van der Waals surface area contributed by atoms with Crippen LogP contribution >= 0.6 is 55.1 Å². The maximum atomic E-state index is 13.2. The van der Waals surface area contributed by atoms with Crippen LogP contribution in [0.5, 0.6) is 0 Å². The van der Waals surface area contributed by atoms with Crippen molar-refractivity contribution in [3.8, 4) is 0 Å². The van der Waals surface area contributed by atoms with Crippen molar-refractivity contribution in [2.24, 2.45) is 0 Å². The number of aromatic nitrogens is 2. The molecule has 11 heteroatoms. The van der Waals surface area contributed by atoms with Crippen LogP contribution in [-0.4, -0.2) is 18.4 Å². The molecule has 6 nitrogen and oxygen atoms in total. The first-order valence-corrected chi connectivity index (χ1v) is 11.7. The summed E-state index contributed by atoms with van der Waals surface area (Å²) in [4.78, 5) is 29.0. The highest BCUT2D eigenvalue weighted by molar-refractivity contribution is 9.11. The fraction of sp³-hybridized carbons (Fsp3) is 0. The van der Waals surface area contributed by atoms with Gasteiger partial charge in [-0.2, -0.15) is 0 Å².